The Hall–Kier alpha value is -3.22. The van der Waals surface area contributed by atoms with Crippen molar-refractivity contribution < 1.29 is 9.59 Å². The summed E-state index contributed by atoms with van der Waals surface area (Å²) in [6.45, 7) is 0.576. The normalized spacial score (nSPS) is 15.7. The van der Waals surface area contributed by atoms with Gasteiger partial charge in [0.2, 0.25) is 5.91 Å². The Kier molecular flexibility index (Phi) is 7.37. The van der Waals surface area contributed by atoms with Gasteiger partial charge >= 0.3 is 0 Å². The smallest absolute Gasteiger partial charge is 0.256 e. The highest BCUT2D eigenvalue weighted by Gasteiger charge is 2.43. The number of hydrogen-bond donors (Lipinski definition) is 1. The summed E-state index contributed by atoms with van der Waals surface area (Å²) in [7, 11) is 0. The van der Waals surface area contributed by atoms with Gasteiger partial charge in [-0.25, -0.2) is 0 Å². The van der Waals surface area contributed by atoms with Crippen molar-refractivity contribution in [1.82, 2.24) is 4.90 Å². The molecule has 1 fully saturated rings. The molecule has 7 heteroatoms. The number of thiocarbonyl (C=S) groups is 1. The Balaban J connectivity index is 1.51. The lowest BCUT2D eigenvalue weighted by atomic mass is 10.1. The summed E-state index contributed by atoms with van der Waals surface area (Å²) in [6.07, 6.45) is 1.68. The van der Waals surface area contributed by atoms with Crippen LogP contribution in [0.3, 0.4) is 0 Å². The van der Waals surface area contributed by atoms with E-state index in [1.165, 1.54) is 10.5 Å². The predicted molar refractivity (Wildman–Crippen MR) is 136 cm³/mol. The Morgan fingerprint density at radius 3 is 2.24 bits per heavy atom. The molecule has 1 N–H and O–H groups in total. The first-order chi connectivity index (χ1) is 16.0. The highest BCUT2D eigenvalue weighted by molar-refractivity contribution is 7.80. The highest BCUT2D eigenvalue weighted by Crippen LogP contribution is 2.29. The van der Waals surface area contributed by atoms with Crippen molar-refractivity contribution in [3.8, 4) is 0 Å². The van der Waals surface area contributed by atoms with Gasteiger partial charge in [0.05, 0.1) is 12.1 Å². The van der Waals surface area contributed by atoms with Crippen LogP contribution in [-0.4, -0.2) is 34.4 Å². The van der Waals surface area contributed by atoms with Crippen LogP contribution >= 0.6 is 23.8 Å². The molecule has 0 bridgehead atoms. The van der Waals surface area contributed by atoms with E-state index in [1.54, 1.807) is 24.3 Å². The number of anilines is 2. The number of aryl methyl sites for hydroxylation is 1. The fraction of sp³-hybridized carbons (Fsp3) is 0.192. The number of halogens is 1. The number of nitrogens with one attached hydrogen (secondary N) is 1. The Labute approximate surface area is 204 Å². The lowest BCUT2D eigenvalue weighted by Crippen LogP contribution is -2.38. The number of para-hydroxylation sites is 1. The monoisotopic (exact) mass is 477 g/mol. The minimum atomic E-state index is -0.660. The first kappa shape index (κ1) is 23.0. The summed E-state index contributed by atoms with van der Waals surface area (Å²) in [5.41, 5.74) is 2.57. The number of nitrogens with zero attached hydrogens (tertiary/aromatic N) is 2. The largest absolute Gasteiger partial charge is 0.336 e. The van der Waals surface area contributed by atoms with Crippen LogP contribution < -0.4 is 10.2 Å². The molecule has 0 radical (unpaired) electrons. The standard InChI is InChI=1S/C26H24ClN3O2S/c27-20-13-15-22(16-14-20)30-25(32)23(18-24(31)28-21-11-5-2-6-12-21)29(26(30)33)17-7-10-19-8-3-1-4-9-19/h1-6,8-9,11-16,23H,7,10,17-18H2,(H,28,31)/t23-/m0/s1. The second-order valence-corrected chi connectivity index (χ2v) is 8.65. The number of amides is 2. The summed E-state index contributed by atoms with van der Waals surface area (Å²) in [5, 5.41) is 3.86. The summed E-state index contributed by atoms with van der Waals surface area (Å²) >= 11 is 11.7. The van der Waals surface area contributed by atoms with Crippen molar-refractivity contribution in [2.24, 2.45) is 0 Å². The van der Waals surface area contributed by atoms with E-state index in [0.29, 0.717) is 28.1 Å². The van der Waals surface area contributed by atoms with Gasteiger partial charge in [0.25, 0.3) is 5.91 Å². The number of rotatable bonds is 8. The zero-order valence-corrected chi connectivity index (χ0v) is 19.6. The quantitative estimate of drug-likeness (QED) is 0.447. The molecule has 1 aliphatic heterocycles. The van der Waals surface area contributed by atoms with Crippen molar-refractivity contribution in [1.29, 1.82) is 0 Å². The van der Waals surface area contributed by atoms with Crippen LogP contribution in [0.1, 0.15) is 18.4 Å². The van der Waals surface area contributed by atoms with Gasteiger partial charge in [-0.05, 0) is 67.0 Å². The maximum atomic E-state index is 13.4. The highest BCUT2D eigenvalue weighted by atomic mass is 35.5. The molecule has 1 saturated heterocycles. The molecule has 1 aliphatic rings. The molecule has 3 aromatic rings. The molecule has 33 heavy (non-hydrogen) atoms. The molecule has 5 nitrogen and oxygen atoms in total. The van der Waals surface area contributed by atoms with Gasteiger partial charge < -0.3 is 10.2 Å². The van der Waals surface area contributed by atoms with Crippen LogP contribution in [0, 0.1) is 0 Å². The lowest BCUT2D eigenvalue weighted by molar-refractivity contribution is -0.124. The number of carbonyl (C=O) groups excluding carboxylic acids is 2. The maximum absolute atomic E-state index is 13.4. The molecule has 0 spiro atoms. The molecule has 0 aliphatic carbocycles. The Bertz CT molecular complexity index is 1120. The van der Waals surface area contributed by atoms with Crippen LogP contribution in [0.5, 0.6) is 0 Å². The fourth-order valence-corrected chi connectivity index (χ4v) is 4.46. The summed E-state index contributed by atoms with van der Waals surface area (Å²) in [6, 6.07) is 25.7. The first-order valence-electron chi connectivity index (χ1n) is 10.8. The summed E-state index contributed by atoms with van der Waals surface area (Å²) < 4.78 is 0. The van der Waals surface area contributed by atoms with Gasteiger partial charge in [0, 0.05) is 17.3 Å². The minimum absolute atomic E-state index is 0.0172. The molecule has 1 atom stereocenters. The molecule has 0 saturated carbocycles. The summed E-state index contributed by atoms with van der Waals surface area (Å²) in [5.74, 6) is -0.432. The maximum Gasteiger partial charge on any atom is 0.256 e. The van der Waals surface area contributed by atoms with Crippen molar-refractivity contribution in [2.45, 2.75) is 25.3 Å². The third-order valence-corrected chi connectivity index (χ3v) is 6.22. The van der Waals surface area contributed by atoms with E-state index in [1.807, 2.05) is 53.4 Å². The number of hydrogen-bond acceptors (Lipinski definition) is 3. The van der Waals surface area contributed by atoms with Crippen molar-refractivity contribution in [3.05, 3.63) is 95.5 Å². The minimum Gasteiger partial charge on any atom is -0.336 e. The second-order valence-electron chi connectivity index (χ2n) is 7.85. The van der Waals surface area contributed by atoms with Crippen molar-refractivity contribution in [3.63, 3.8) is 0 Å². The Morgan fingerprint density at radius 2 is 1.58 bits per heavy atom. The molecule has 168 valence electrons. The molecule has 0 unspecified atom stereocenters. The average molecular weight is 478 g/mol. The molecule has 4 rings (SSSR count). The van der Waals surface area contributed by atoms with E-state index in [-0.39, 0.29) is 18.2 Å². The van der Waals surface area contributed by atoms with Crippen LogP contribution in [-0.2, 0) is 16.0 Å². The van der Waals surface area contributed by atoms with E-state index in [0.717, 1.165) is 12.8 Å². The van der Waals surface area contributed by atoms with Crippen molar-refractivity contribution >= 4 is 52.1 Å². The van der Waals surface area contributed by atoms with E-state index in [2.05, 4.69) is 17.4 Å². The zero-order chi connectivity index (χ0) is 23.2. The van der Waals surface area contributed by atoms with E-state index >= 15 is 0 Å². The third kappa shape index (κ3) is 5.59. The fourth-order valence-electron chi connectivity index (χ4n) is 3.92. The lowest BCUT2D eigenvalue weighted by Gasteiger charge is -2.24. The third-order valence-electron chi connectivity index (χ3n) is 5.55. The zero-order valence-electron chi connectivity index (χ0n) is 18.0. The summed E-state index contributed by atoms with van der Waals surface area (Å²) in [4.78, 5) is 29.6. The molecular weight excluding hydrogens is 454 g/mol. The Morgan fingerprint density at radius 1 is 0.939 bits per heavy atom. The SMILES string of the molecule is O=C(C[C@H]1C(=O)N(c2ccc(Cl)cc2)C(=S)N1CCCc1ccccc1)Nc1ccccc1. The van der Waals surface area contributed by atoms with Crippen LogP contribution in [0.15, 0.2) is 84.9 Å². The van der Waals surface area contributed by atoms with Crippen LogP contribution in [0.2, 0.25) is 5.02 Å². The second kappa shape index (κ2) is 10.6. The van der Waals surface area contributed by atoms with Gasteiger partial charge in [0.15, 0.2) is 5.11 Å². The van der Waals surface area contributed by atoms with Crippen LogP contribution in [0.25, 0.3) is 0 Å². The van der Waals surface area contributed by atoms with Crippen molar-refractivity contribution in [2.75, 3.05) is 16.8 Å². The molecular formula is C26H24ClN3O2S. The molecule has 0 aromatic heterocycles. The van der Waals surface area contributed by atoms with E-state index < -0.39 is 6.04 Å². The van der Waals surface area contributed by atoms with Crippen LogP contribution in [0.4, 0.5) is 11.4 Å². The van der Waals surface area contributed by atoms with Gasteiger partial charge in [-0.3, -0.25) is 14.5 Å². The molecule has 2 amide bonds. The van der Waals surface area contributed by atoms with Gasteiger partial charge in [0.1, 0.15) is 6.04 Å². The first-order valence-corrected chi connectivity index (χ1v) is 11.6. The topological polar surface area (TPSA) is 52.7 Å². The molecule has 1 heterocycles. The number of benzene rings is 3. The van der Waals surface area contributed by atoms with Gasteiger partial charge in [-0.1, -0.05) is 60.1 Å². The number of carbonyl (C=O) groups is 2. The van der Waals surface area contributed by atoms with Gasteiger partial charge in [-0.2, -0.15) is 0 Å². The van der Waals surface area contributed by atoms with E-state index in [9.17, 15) is 9.59 Å². The van der Waals surface area contributed by atoms with Gasteiger partial charge in [-0.15, -0.1) is 0 Å². The van der Waals surface area contributed by atoms with E-state index in [4.69, 9.17) is 23.8 Å². The predicted octanol–water partition coefficient (Wildman–Crippen LogP) is 5.30. The molecule has 3 aromatic carbocycles. The average Bonchev–Trinajstić information content (AvgIpc) is 3.05.